The van der Waals surface area contributed by atoms with E-state index in [1.54, 1.807) is 0 Å². The Hall–Kier alpha value is -1.04. The minimum atomic E-state index is -1.11. The quantitative estimate of drug-likeness (QED) is 0.835. The molecule has 1 aromatic rings. The van der Waals surface area contributed by atoms with Gasteiger partial charge in [0.15, 0.2) is 4.84 Å². The zero-order valence-corrected chi connectivity index (χ0v) is 13.8. The molecule has 1 saturated heterocycles. The third kappa shape index (κ3) is 4.03. The molecule has 0 unspecified atom stereocenters. The number of carbonyl (C=O) groups is 2. The SMILES string of the molecule is O=C(NC1CCN(C(=O)c2c(F)cccc2Cl)CC1)C(Cl)Cl. The molecule has 0 radical (unpaired) electrons. The Kier molecular flexibility index (Phi) is 5.89. The normalized spacial score (nSPS) is 16.0. The van der Waals surface area contributed by atoms with Crippen LogP contribution in [0.25, 0.3) is 0 Å². The molecule has 2 rings (SSSR count). The summed E-state index contributed by atoms with van der Waals surface area (Å²) in [5, 5.41) is 2.79. The van der Waals surface area contributed by atoms with Crippen LogP contribution in [0.3, 0.4) is 0 Å². The summed E-state index contributed by atoms with van der Waals surface area (Å²) in [4.78, 5) is 24.2. The van der Waals surface area contributed by atoms with Gasteiger partial charge in [0.1, 0.15) is 5.82 Å². The number of halogens is 4. The van der Waals surface area contributed by atoms with Crippen LogP contribution < -0.4 is 5.32 Å². The van der Waals surface area contributed by atoms with Crippen molar-refractivity contribution >= 4 is 46.6 Å². The molecular formula is C14H14Cl3FN2O2. The second-order valence-electron chi connectivity index (χ2n) is 4.97. The molecule has 120 valence electrons. The molecule has 0 aromatic heterocycles. The maximum absolute atomic E-state index is 13.8. The van der Waals surface area contributed by atoms with E-state index in [9.17, 15) is 14.0 Å². The maximum atomic E-state index is 13.8. The van der Waals surface area contributed by atoms with E-state index in [-0.39, 0.29) is 16.6 Å². The van der Waals surface area contributed by atoms with Gasteiger partial charge in [-0.25, -0.2) is 4.39 Å². The van der Waals surface area contributed by atoms with Gasteiger partial charge in [0.25, 0.3) is 11.8 Å². The first-order valence-corrected chi connectivity index (χ1v) is 7.97. The Morgan fingerprint density at radius 2 is 1.91 bits per heavy atom. The van der Waals surface area contributed by atoms with E-state index < -0.39 is 22.5 Å². The van der Waals surface area contributed by atoms with Crippen LogP contribution in [-0.2, 0) is 4.79 Å². The lowest BCUT2D eigenvalue weighted by Gasteiger charge is -2.32. The van der Waals surface area contributed by atoms with Crippen LogP contribution in [0.2, 0.25) is 5.02 Å². The molecule has 8 heteroatoms. The number of amides is 2. The Bertz CT molecular complexity index is 555. The second-order valence-corrected chi connectivity index (χ2v) is 6.48. The summed E-state index contributed by atoms with van der Waals surface area (Å²) in [5.74, 6) is -1.54. The number of alkyl halides is 2. The average molecular weight is 368 g/mol. The summed E-state index contributed by atoms with van der Waals surface area (Å²) >= 11 is 16.9. The predicted molar refractivity (Wildman–Crippen MR) is 84.0 cm³/mol. The highest BCUT2D eigenvalue weighted by Crippen LogP contribution is 2.23. The van der Waals surface area contributed by atoms with E-state index >= 15 is 0 Å². The first-order valence-electron chi connectivity index (χ1n) is 6.72. The second kappa shape index (κ2) is 7.49. The summed E-state index contributed by atoms with van der Waals surface area (Å²) in [6.07, 6.45) is 1.09. The van der Waals surface area contributed by atoms with E-state index in [4.69, 9.17) is 34.8 Å². The summed E-state index contributed by atoms with van der Waals surface area (Å²) in [6, 6.07) is 4.02. The highest BCUT2D eigenvalue weighted by Gasteiger charge is 2.28. The third-order valence-electron chi connectivity index (χ3n) is 3.50. The molecule has 1 aliphatic rings. The van der Waals surface area contributed by atoms with Gasteiger partial charge in [-0.3, -0.25) is 9.59 Å². The van der Waals surface area contributed by atoms with Gasteiger partial charge < -0.3 is 10.2 Å². The zero-order valence-electron chi connectivity index (χ0n) is 11.5. The summed E-state index contributed by atoms with van der Waals surface area (Å²) < 4.78 is 13.8. The Morgan fingerprint density at radius 3 is 2.45 bits per heavy atom. The lowest BCUT2D eigenvalue weighted by atomic mass is 10.0. The number of rotatable bonds is 3. The fourth-order valence-corrected chi connectivity index (χ4v) is 2.72. The number of piperidine rings is 1. The van der Waals surface area contributed by atoms with E-state index in [1.165, 1.54) is 23.1 Å². The van der Waals surface area contributed by atoms with Crippen molar-refractivity contribution < 1.29 is 14.0 Å². The van der Waals surface area contributed by atoms with Crippen LogP contribution in [0.15, 0.2) is 18.2 Å². The first-order chi connectivity index (χ1) is 10.4. The van der Waals surface area contributed by atoms with Crippen molar-refractivity contribution in [3.63, 3.8) is 0 Å². The van der Waals surface area contributed by atoms with Crippen molar-refractivity contribution in [1.82, 2.24) is 10.2 Å². The number of likely N-dealkylation sites (tertiary alicyclic amines) is 1. The van der Waals surface area contributed by atoms with Gasteiger partial charge in [0.2, 0.25) is 0 Å². The van der Waals surface area contributed by atoms with Gasteiger partial charge in [-0.1, -0.05) is 40.9 Å². The van der Waals surface area contributed by atoms with Gasteiger partial charge in [-0.15, -0.1) is 0 Å². The summed E-state index contributed by atoms with van der Waals surface area (Å²) in [7, 11) is 0. The number of nitrogens with one attached hydrogen (secondary N) is 1. The van der Waals surface area contributed by atoms with Crippen LogP contribution >= 0.6 is 34.8 Å². The molecule has 0 bridgehead atoms. The van der Waals surface area contributed by atoms with E-state index in [1.807, 2.05) is 0 Å². The van der Waals surface area contributed by atoms with E-state index in [0.29, 0.717) is 25.9 Å². The van der Waals surface area contributed by atoms with Gasteiger partial charge in [-0.2, -0.15) is 0 Å². The summed E-state index contributed by atoms with van der Waals surface area (Å²) in [6.45, 7) is 0.785. The lowest BCUT2D eigenvalue weighted by Crippen LogP contribution is -2.47. The third-order valence-corrected chi connectivity index (χ3v) is 4.21. The molecular weight excluding hydrogens is 354 g/mol. The fraction of sp³-hybridized carbons (Fsp3) is 0.429. The first kappa shape index (κ1) is 17.3. The highest BCUT2D eigenvalue weighted by molar-refractivity contribution is 6.53. The van der Waals surface area contributed by atoms with Crippen molar-refractivity contribution in [2.45, 2.75) is 23.7 Å². The molecule has 22 heavy (non-hydrogen) atoms. The lowest BCUT2D eigenvalue weighted by molar-refractivity contribution is -0.120. The predicted octanol–water partition coefficient (Wildman–Crippen LogP) is 3.00. The van der Waals surface area contributed by atoms with Crippen LogP contribution in [0.5, 0.6) is 0 Å². The molecule has 4 nitrogen and oxygen atoms in total. The van der Waals surface area contributed by atoms with Crippen LogP contribution in [0, 0.1) is 5.82 Å². The number of hydrogen-bond acceptors (Lipinski definition) is 2. The molecule has 0 aliphatic carbocycles. The molecule has 0 spiro atoms. The zero-order chi connectivity index (χ0) is 16.3. The van der Waals surface area contributed by atoms with Crippen molar-refractivity contribution in [2.24, 2.45) is 0 Å². The van der Waals surface area contributed by atoms with E-state index in [0.717, 1.165) is 0 Å². The maximum Gasteiger partial charge on any atom is 0.258 e. The van der Waals surface area contributed by atoms with Crippen LogP contribution in [-0.4, -0.2) is 40.7 Å². The Balaban J connectivity index is 1.97. The molecule has 1 fully saturated rings. The molecule has 2 amide bonds. The van der Waals surface area contributed by atoms with Gasteiger partial charge in [0, 0.05) is 19.1 Å². The summed E-state index contributed by atoms with van der Waals surface area (Å²) in [5.41, 5.74) is -0.117. The van der Waals surface area contributed by atoms with Gasteiger partial charge in [0.05, 0.1) is 10.6 Å². The van der Waals surface area contributed by atoms with Crippen molar-refractivity contribution in [3.8, 4) is 0 Å². The molecule has 1 aromatic carbocycles. The van der Waals surface area contributed by atoms with Crippen molar-refractivity contribution in [3.05, 3.63) is 34.6 Å². The monoisotopic (exact) mass is 366 g/mol. The van der Waals surface area contributed by atoms with Crippen LogP contribution in [0.4, 0.5) is 4.39 Å². The molecule has 1 aliphatic heterocycles. The minimum absolute atomic E-state index is 0.0903. The molecule has 0 saturated carbocycles. The minimum Gasteiger partial charge on any atom is -0.351 e. The van der Waals surface area contributed by atoms with Crippen LogP contribution in [0.1, 0.15) is 23.2 Å². The van der Waals surface area contributed by atoms with Gasteiger partial charge >= 0.3 is 0 Å². The highest BCUT2D eigenvalue weighted by atomic mass is 35.5. The standard InChI is InChI=1S/C14H14Cl3FN2O2/c15-9-2-1-3-10(18)11(9)14(22)20-6-4-8(5-7-20)19-13(21)12(16)17/h1-3,8,12H,4-7H2,(H,19,21). The molecule has 1 N–H and O–H groups in total. The molecule has 1 heterocycles. The number of hydrogen-bond donors (Lipinski definition) is 1. The molecule has 0 atom stereocenters. The van der Waals surface area contributed by atoms with Gasteiger partial charge in [-0.05, 0) is 25.0 Å². The van der Waals surface area contributed by atoms with Crippen molar-refractivity contribution in [1.29, 1.82) is 0 Å². The number of benzene rings is 1. The van der Waals surface area contributed by atoms with E-state index in [2.05, 4.69) is 5.32 Å². The Morgan fingerprint density at radius 1 is 1.27 bits per heavy atom. The fourth-order valence-electron chi connectivity index (χ4n) is 2.35. The Labute approximate surface area is 142 Å². The smallest absolute Gasteiger partial charge is 0.258 e. The number of nitrogens with zero attached hydrogens (tertiary/aromatic N) is 1. The average Bonchev–Trinajstić information content (AvgIpc) is 2.47. The van der Waals surface area contributed by atoms with Crippen molar-refractivity contribution in [2.75, 3.05) is 13.1 Å². The number of carbonyl (C=O) groups excluding carboxylic acids is 2. The topological polar surface area (TPSA) is 49.4 Å². The largest absolute Gasteiger partial charge is 0.351 e.